The summed E-state index contributed by atoms with van der Waals surface area (Å²) in [5.41, 5.74) is 0.989. The van der Waals surface area contributed by atoms with Gasteiger partial charge in [0.2, 0.25) is 9.84 Å². The zero-order chi connectivity index (χ0) is 24.6. The van der Waals surface area contributed by atoms with Crippen molar-refractivity contribution in [3.05, 3.63) is 90.0 Å². The lowest BCUT2D eigenvalue weighted by molar-refractivity contribution is -0.145. The summed E-state index contributed by atoms with van der Waals surface area (Å²) < 4.78 is 36.7. The molecule has 0 aliphatic carbocycles. The fourth-order valence-corrected chi connectivity index (χ4v) is 4.79. The van der Waals surface area contributed by atoms with E-state index in [0.29, 0.717) is 0 Å². The third-order valence-electron chi connectivity index (χ3n) is 4.89. The van der Waals surface area contributed by atoms with Crippen LogP contribution in [0.1, 0.15) is 18.1 Å². The number of rotatable bonds is 9. The van der Waals surface area contributed by atoms with Crippen molar-refractivity contribution >= 4 is 21.9 Å². The first-order chi connectivity index (χ1) is 16.3. The number of alkyl carbamates (subject to hydrolysis) is 1. The van der Waals surface area contributed by atoms with E-state index in [4.69, 9.17) is 9.47 Å². The van der Waals surface area contributed by atoms with Crippen molar-refractivity contribution in [3.8, 4) is 5.75 Å². The van der Waals surface area contributed by atoms with E-state index in [9.17, 15) is 23.1 Å². The van der Waals surface area contributed by atoms with Crippen LogP contribution in [0.2, 0.25) is 0 Å². The Hall–Kier alpha value is -3.85. The van der Waals surface area contributed by atoms with Crippen LogP contribution < -0.4 is 5.32 Å². The Morgan fingerprint density at radius 2 is 1.59 bits per heavy atom. The van der Waals surface area contributed by atoms with E-state index in [1.54, 1.807) is 49.4 Å². The number of benzene rings is 3. The van der Waals surface area contributed by atoms with E-state index >= 15 is 0 Å². The van der Waals surface area contributed by atoms with E-state index in [0.717, 1.165) is 11.6 Å². The molecule has 8 nitrogen and oxygen atoms in total. The predicted octanol–water partition coefficient (Wildman–Crippen LogP) is 3.63. The van der Waals surface area contributed by atoms with Crippen LogP contribution in [0.3, 0.4) is 0 Å². The molecule has 34 heavy (non-hydrogen) atoms. The van der Waals surface area contributed by atoms with Gasteiger partial charge in [-0.05, 0) is 42.3 Å². The van der Waals surface area contributed by atoms with Crippen molar-refractivity contribution in [2.24, 2.45) is 0 Å². The zero-order valence-electron chi connectivity index (χ0n) is 18.5. The van der Waals surface area contributed by atoms with Crippen molar-refractivity contribution in [2.75, 3.05) is 6.61 Å². The highest BCUT2D eigenvalue weighted by molar-refractivity contribution is 7.91. The molecule has 3 aromatic carbocycles. The molecule has 0 spiro atoms. The van der Waals surface area contributed by atoms with E-state index < -0.39 is 27.9 Å². The standard InChI is InChI=1S/C25H25NO7S/c1-2-32-24(28)22(26-25(29)33-17-18-9-5-3-6-10-18)15-19-13-14-20(27)16-23(19)34(30,31)21-11-7-4-8-12-21/h3-14,16,22,27H,2,15,17H2,1H3,(H,26,29)/t22-/m0/s1. The van der Waals surface area contributed by atoms with E-state index in [1.807, 2.05) is 6.07 Å². The molecule has 0 saturated heterocycles. The summed E-state index contributed by atoms with van der Waals surface area (Å²) in [5, 5.41) is 12.4. The third kappa shape index (κ3) is 6.35. The minimum atomic E-state index is -4.01. The van der Waals surface area contributed by atoms with Crippen LogP contribution >= 0.6 is 0 Å². The van der Waals surface area contributed by atoms with Crippen LogP contribution in [-0.4, -0.2) is 38.2 Å². The second-order valence-corrected chi connectivity index (χ2v) is 9.24. The molecule has 3 rings (SSSR count). The summed E-state index contributed by atoms with van der Waals surface area (Å²) in [6, 6.07) is 19.4. The molecule has 0 aliphatic rings. The van der Waals surface area contributed by atoms with Crippen LogP contribution in [-0.2, 0) is 37.1 Å². The quantitative estimate of drug-likeness (QED) is 0.446. The largest absolute Gasteiger partial charge is 0.508 e. The molecule has 0 radical (unpaired) electrons. The van der Waals surface area contributed by atoms with Gasteiger partial charge in [-0.2, -0.15) is 0 Å². The highest BCUT2D eigenvalue weighted by atomic mass is 32.2. The number of hydrogen-bond acceptors (Lipinski definition) is 7. The summed E-state index contributed by atoms with van der Waals surface area (Å²) in [6.45, 7) is 1.68. The van der Waals surface area contributed by atoms with Crippen LogP contribution in [0.5, 0.6) is 5.75 Å². The van der Waals surface area contributed by atoms with Gasteiger partial charge in [0.05, 0.1) is 16.4 Å². The average molecular weight is 484 g/mol. The summed E-state index contributed by atoms with van der Waals surface area (Å²) in [6.07, 6.45) is -1.05. The summed E-state index contributed by atoms with van der Waals surface area (Å²) in [4.78, 5) is 24.8. The Morgan fingerprint density at radius 3 is 2.24 bits per heavy atom. The first kappa shape index (κ1) is 24.8. The maximum Gasteiger partial charge on any atom is 0.408 e. The van der Waals surface area contributed by atoms with E-state index in [1.165, 1.54) is 24.3 Å². The van der Waals surface area contributed by atoms with Crippen LogP contribution in [0.15, 0.2) is 88.7 Å². The number of phenols is 1. The lowest BCUT2D eigenvalue weighted by atomic mass is 10.1. The molecule has 0 saturated carbocycles. The predicted molar refractivity (Wildman–Crippen MR) is 124 cm³/mol. The first-order valence-corrected chi connectivity index (χ1v) is 12.1. The molecule has 1 atom stereocenters. The molecule has 0 aromatic heterocycles. The van der Waals surface area contributed by atoms with Gasteiger partial charge in [0.15, 0.2) is 0 Å². The number of aromatic hydroxyl groups is 1. The summed E-state index contributed by atoms with van der Waals surface area (Å²) in [7, 11) is -4.01. The second-order valence-electron chi connectivity index (χ2n) is 7.32. The Labute approximate surface area is 198 Å². The lowest BCUT2D eigenvalue weighted by Crippen LogP contribution is -2.43. The molecule has 178 valence electrons. The summed E-state index contributed by atoms with van der Waals surface area (Å²) in [5.74, 6) is -0.989. The van der Waals surface area contributed by atoms with Gasteiger partial charge in [-0.1, -0.05) is 54.6 Å². The van der Waals surface area contributed by atoms with Gasteiger partial charge in [-0.3, -0.25) is 0 Å². The number of carbonyl (C=O) groups is 2. The third-order valence-corrected chi connectivity index (χ3v) is 6.75. The van der Waals surface area contributed by atoms with Gasteiger partial charge in [-0.15, -0.1) is 0 Å². The smallest absolute Gasteiger partial charge is 0.408 e. The molecule has 0 unspecified atom stereocenters. The number of nitrogens with one attached hydrogen (secondary N) is 1. The molecule has 3 aromatic rings. The van der Waals surface area contributed by atoms with E-state index in [-0.39, 0.29) is 40.7 Å². The molecule has 0 heterocycles. The number of hydrogen-bond donors (Lipinski definition) is 2. The first-order valence-electron chi connectivity index (χ1n) is 10.6. The minimum absolute atomic E-state index is 0.00490. The van der Waals surface area contributed by atoms with E-state index in [2.05, 4.69) is 5.32 Å². The van der Waals surface area contributed by atoms with Crippen molar-refractivity contribution < 1.29 is 32.6 Å². The molecule has 0 aliphatic heterocycles. The normalized spacial score (nSPS) is 11.9. The zero-order valence-corrected chi connectivity index (χ0v) is 19.3. The number of carbonyl (C=O) groups excluding carboxylic acids is 2. The highest BCUT2D eigenvalue weighted by Crippen LogP contribution is 2.28. The Morgan fingerprint density at radius 1 is 0.941 bits per heavy atom. The number of amides is 1. The molecule has 0 fully saturated rings. The van der Waals surface area contributed by atoms with Crippen LogP contribution in [0, 0.1) is 0 Å². The Kier molecular flexibility index (Phi) is 8.26. The lowest BCUT2D eigenvalue weighted by Gasteiger charge is -2.19. The molecule has 0 bridgehead atoms. The SMILES string of the molecule is CCOC(=O)[C@H](Cc1ccc(O)cc1S(=O)(=O)c1ccccc1)NC(=O)OCc1ccccc1. The van der Waals surface area contributed by atoms with Gasteiger partial charge in [0, 0.05) is 6.42 Å². The maximum atomic E-state index is 13.2. The minimum Gasteiger partial charge on any atom is -0.508 e. The fraction of sp³-hybridized carbons (Fsp3) is 0.200. The monoisotopic (exact) mass is 483 g/mol. The topological polar surface area (TPSA) is 119 Å². The molecule has 2 N–H and O–H groups in total. The average Bonchev–Trinajstić information content (AvgIpc) is 2.84. The molecule has 1 amide bonds. The maximum absolute atomic E-state index is 13.2. The van der Waals surface area contributed by atoms with Gasteiger partial charge in [0.1, 0.15) is 18.4 Å². The van der Waals surface area contributed by atoms with Gasteiger partial charge in [0.25, 0.3) is 0 Å². The molecular weight excluding hydrogens is 458 g/mol. The van der Waals surface area contributed by atoms with Crippen molar-refractivity contribution in [1.82, 2.24) is 5.32 Å². The van der Waals surface area contributed by atoms with Crippen molar-refractivity contribution in [3.63, 3.8) is 0 Å². The number of ether oxygens (including phenoxy) is 2. The number of esters is 1. The molecule has 9 heteroatoms. The Bertz CT molecular complexity index is 1230. The fourth-order valence-electron chi connectivity index (χ4n) is 3.25. The molecular formula is C25H25NO7S. The Balaban J connectivity index is 1.85. The van der Waals surface area contributed by atoms with Crippen LogP contribution in [0.4, 0.5) is 4.79 Å². The van der Waals surface area contributed by atoms with Crippen LogP contribution in [0.25, 0.3) is 0 Å². The number of sulfone groups is 1. The van der Waals surface area contributed by atoms with Gasteiger partial charge in [-0.25, -0.2) is 18.0 Å². The number of phenolic OH excluding ortho intramolecular Hbond substituents is 1. The summed E-state index contributed by atoms with van der Waals surface area (Å²) >= 11 is 0. The van der Waals surface area contributed by atoms with Crippen molar-refractivity contribution in [1.29, 1.82) is 0 Å². The second kappa shape index (κ2) is 11.3. The highest BCUT2D eigenvalue weighted by Gasteiger charge is 2.28. The van der Waals surface area contributed by atoms with Gasteiger partial charge >= 0.3 is 12.1 Å². The van der Waals surface area contributed by atoms with Crippen molar-refractivity contribution in [2.45, 2.75) is 35.8 Å². The van der Waals surface area contributed by atoms with Gasteiger partial charge < -0.3 is 19.9 Å².